The van der Waals surface area contributed by atoms with Gasteiger partial charge in [0.25, 0.3) is 5.91 Å². The van der Waals surface area contributed by atoms with Crippen molar-refractivity contribution < 1.29 is 22.4 Å². The second-order valence-electron chi connectivity index (χ2n) is 9.43. The number of primary amides is 1. The largest absolute Gasteiger partial charge is 0.364 e. The zero-order valence-electron chi connectivity index (χ0n) is 18.2. The number of alkyl halides is 4. The lowest BCUT2D eigenvalue weighted by Gasteiger charge is -2.36. The number of H-pyrrole nitrogens is 1. The molecule has 1 amide bonds. The van der Waals surface area contributed by atoms with Gasteiger partial charge in [0.1, 0.15) is 5.69 Å². The Morgan fingerprint density at radius 1 is 1.00 bits per heavy atom. The molecule has 0 aliphatic heterocycles. The molecule has 2 heterocycles. The number of halogens is 4. The van der Waals surface area contributed by atoms with Gasteiger partial charge >= 0.3 is 0 Å². The number of fused-ring (bicyclic) bond motifs is 1. The standard InChI is InChI=1S/C25H23F4N3O2/c26-24(27)6-3-13(4-7-24)17-9-14(15-11-25(28,29)12-15)1-2-16(17)19-10-20(33)21-18(32-19)5-8-31-22(21)23(30)34/h1-2,5,8-10,13,15H,3-4,6-7,11-12H2,(H2,30,34)(H,32,33). The topological polar surface area (TPSA) is 88.8 Å². The number of rotatable bonds is 4. The van der Waals surface area contributed by atoms with E-state index in [0.717, 1.165) is 11.1 Å². The van der Waals surface area contributed by atoms with Crippen molar-refractivity contribution in [2.75, 3.05) is 0 Å². The molecule has 2 aliphatic rings. The summed E-state index contributed by atoms with van der Waals surface area (Å²) in [5.74, 6) is -6.68. The van der Waals surface area contributed by atoms with E-state index in [2.05, 4.69) is 9.97 Å². The van der Waals surface area contributed by atoms with Crippen LogP contribution in [0.2, 0.25) is 0 Å². The molecule has 3 aromatic rings. The number of aromatic nitrogens is 2. The van der Waals surface area contributed by atoms with Gasteiger partial charge < -0.3 is 10.7 Å². The van der Waals surface area contributed by atoms with Crippen molar-refractivity contribution in [1.29, 1.82) is 0 Å². The maximum atomic E-state index is 13.8. The first-order valence-electron chi connectivity index (χ1n) is 11.2. The number of carbonyl (C=O) groups excluding carboxylic acids is 1. The zero-order chi connectivity index (χ0) is 24.3. The molecule has 34 heavy (non-hydrogen) atoms. The zero-order valence-corrected chi connectivity index (χ0v) is 18.2. The summed E-state index contributed by atoms with van der Waals surface area (Å²) in [5, 5.41) is 0.0749. The predicted octanol–water partition coefficient (Wildman–Crippen LogP) is 5.49. The average molecular weight is 473 g/mol. The molecule has 3 N–H and O–H groups in total. The van der Waals surface area contributed by atoms with Crippen molar-refractivity contribution >= 4 is 16.8 Å². The molecule has 9 heteroatoms. The number of nitrogens with two attached hydrogens (primary N) is 1. The number of amides is 1. The van der Waals surface area contributed by atoms with Crippen molar-refractivity contribution in [3.63, 3.8) is 0 Å². The van der Waals surface area contributed by atoms with Crippen molar-refractivity contribution in [1.82, 2.24) is 9.97 Å². The van der Waals surface area contributed by atoms with Crippen LogP contribution in [0.4, 0.5) is 17.6 Å². The Bertz CT molecular complexity index is 1330. The van der Waals surface area contributed by atoms with E-state index in [0.29, 0.717) is 16.8 Å². The van der Waals surface area contributed by atoms with Gasteiger partial charge in [-0.25, -0.2) is 17.6 Å². The lowest BCUT2D eigenvalue weighted by molar-refractivity contribution is -0.0868. The Morgan fingerprint density at radius 2 is 1.71 bits per heavy atom. The molecule has 5 rings (SSSR count). The van der Waals surface area contributed by atoms with Gasteiger partial charge in [-0.1, -0.05) is 18.2 Å². The smallest absolute Gasteiger partial charge is 0.268 e. The number of carbonyl (C=O) groups is 1. The van der Waals surface area contributed by atoms with E-state index in [9.17, 15) is 27.2 Å². The van der Waals surface area contributed by atoms with E-state index in [4.69, 9.17) is 5.73 Å². The van der Waals surface area contributed by atoms with Crippen LogP contribution in [0.15, 0.2) is 41.3 Å². The molecule has 2 fully saturated rings. The maximum Gasteiger partial charge on any atom is 0.268 e. The van der Waals surface area contributed by atoms with Crippen LogP contribution in [-0.2, 0) is 0 Å². The lowest BCUT2D eigenvalue weighted by Crippen LogP contribution is -2.33. The number of pyridine rings is 2. The molecule has 1 aromatic carbocycles. The third-order valence-corrected chi connectivity index (χ3v) is 7.06. The minimum absolute atomic E-state index is 0.0749. The summed E-state index contributed by atoms with van der Waals surface area (Å²) in [6, 6.07) is 8.26. The summed E-state index contributed by atoms with van der Waals surface area (Å²) in [6.07, 6.45) is 0.936. The lowest BCUT2D eigenvalue weighted by atomic mass is 9.74. The van der Waals surface area contributed by atoms with Crippen molar-refractivity contribution in [2.45, 2.75) is 62.2 Å². The van der Waals surface area contributed by atoms with Crippen LogP contribution < -0.4 is 11.2 Å². The highest BCUT2D eigenvalue weighted by Gasteiger charge is 2.46. The highest BCUT2D eigenvalue weighted by molar-refractivity contribution is 6.03. The van der Waals surface area contributed by atoms with Gasteiger partial charge in [0.05, 0.1) is 10.9 Å². The van der Waals surface area contributed by atoms with E-state index in [1.807, 2.05) is 6.07 Å². The summed E-state index contributed by atoms with van der Waals surface area (Å²) in [7, 11) is 0. The van der Waals surface area contributed by atoms with Crippen LogP contribution in [0.1, 0.15) is 72.0 Å². The normalized spacial score (nSPS) is 20.2. The highest BCUT2D eigenvalue weighted by atomic mass is 19.3. The Balaban J connectivity index is 1.61. The predicted molar refractivity (Wildman–Crippen MR) is 119 cm³/mol. The van der Waals surface area contributed by atoms with Gasteiger partial charge in [-0.05, 0) is 41.9 Å². The van der Waals surface area contributed by atoms with Crippen molar-refractivity contribution in [3.8, 4) is 11.3 Å². The van der Waals surface area contributed by atoms with Crippen LogP contribution in [0, 0.1) is 0 Å². The number of hydrogen-bond acceptors (Lipinski definition) is 3. The van der Waals surface area contributed by atoms with Gasteiger partial charge in [0.15, 0.2) is 5.43 Å². The number of hydrogen-bond donors (Lipinski definition) is 2. The fourth-order valence-electron chi connectivity index (χ4n) is 5.20. The minimum Gasteiger partial charge on any atom is -0.364 e. The van der Waals surface area contributed by atoms with Gasteiger partial charge in [0, 0.05) is 49.2 Å². The van der Waals surface area contributed by atoms with Crippen LogP contribution in [0.3, 0.4) is 0 Å². The van der Waals surface area contributed by atoms with E-state index in [-0.39, 0.29) is 61.4 Å². The van der Waals surface area contributed by atoms with Crippen LogP contribution >= 0.6 is 0 Å². The van der Waals surface area contributed by atoms with Crippen molar-refractivity contribution in [2.24, 2.45) is 5.73 Å². The van der Waals surface area contributed by atoms with E-state index < -0.39 is 23.2 Å². The minimum atomic E-state index is -2.71. The molecular weight excluding hydrogens is 450 g/mol. The first-order valence-corrected chi connectivity index (χ1v) is 11.2. The van der Waals surface area contributed by atoms with E-state index in [1.165, 1.54) is 12.3 Å². The molecule has 0 spiro atoms. The number of nitrogens with one attached hydrogen (secondary N) is 1. The fraction of sp³-hybridized carbons (Fsp3) is 0.400. The molecule has 2 saturated carbocycles. The second kappa shape index (κ2) is 7.92. The second-order valence-corrected chi connectivity index (χ2v) is 9.43. The molecule has 0 atom stereocenters. The quantitative estimate of drug-likeness (QED) is 0.491. The fourth-order valence-corrected chi connectivity index (χ4v) is 5.20. The van der Waals surface area contributed by atoms with Gasteiger partial charge in [-0.15, -0.1) is 0 Å². The highest BCUT2D eigenvalue weighted by Crippen LogP contribution is 2.50. The monoisotopic (exact) mass is 473 g/mol. The third-order valence-electron chi connectivity index (χ3n) is 7.06. The number of benzene rings is 1. The molecule has 0 bridgehead atoms. The third kappa shape index (κ3) is 4.08. The molecule has 5 nitrogen and oxygen atoms in total. The van der Waals surface area contributed by atoms with E-state index in [1.54, 1.807) is 18.2 Å². The number of aromatic amines is 1. The molecule has 0 saturated heterocycles. The molecule has 2 aromatic heterocycles. The summed E-state index contributed by atoms with van der Waals surface area (Å²) in [6.45, 7) is 0. The van der Waals surface area contributed by atoms with Crippen LogP contribution in [-0.4, -0.2) is 27.7 Å². The Morgan fingerprint density at radius 3 is 2.35 bits per heavy atom. The van der Waals surface area contributed by atoms with Crippen LogP contribution in [0.5, 0.6) is 0 Å². The summed E-state index contributed by atoms with van der Waals surface area (Å²) < 4.78 is 54.6. The van der Waals surface area contributed by atoms with Gasteiger partial charge in [-0.3, -0.25) is 14.6 Å². The molecule has 0 unspecified atom stereocenters. The average Bonchev–Trinajstić information content (AvgIpc) is 2.76. The van der Waals surface area contributed by atoms with Gasteiger partial charge in [0.2, 0.25) is 11.8 Å². The first-order chi connectivity index (χ1) is 16.0. The molecule has 2 aliphatic carbocycles. The molecule has 178 valence electrons. The van der Waals surface area contributed by atoms with Crippen LogP contribution in [0.25, 0.3) is 22.2 Å². The van der Waals surface area contributed by atoms with Crippen molar-refractivity contribution in [3.05, 3.63) is 63.6 Å². The molecule has 0 radical (unpaired) electrons. The Hall–Kier alpha value is -3.23. The van der Waals surface area contributed by atoms with Gasteiger partial charge in [-0.2, -0.15) is 0 Å². The van der Waals surface area contributed by atoms with E-state index >= 15 is 0 Å². The SMILES string of the molecule is NC(=O)c1nccc2[nH]c(-c3ccc(C4CC(F)(F)C4)cc3C3CCC(F)(F)CC3)cc(=O)c12. The number of nitrogens with zero attached hydrogens (tertiary/aromatic N) is 1. The summed E-state index contributed by atoms with van der Waals surface area (Å²) >= 11 is 0. The summed E-state index contributed by atoms with van der Waals surface area (Å²) in [5.41, 5.74) is 7.77. The Labute approximate surface area is 192 Å². The first kappa shape index (κ1) is 22.6. The summed E-state index contributed by atoms with van der Waals surface area (Å²) in [4.78, 5) is 31.7. The molecular formula is C25H23F4N3O2. The maximum absolute atomic E-state index is 13.8. The Kier molecular flexibility index (Phi) is 5.26.